The van der Waals surface area contributed by atoms with Crippen molar-refractivity contribution in [3.63, 3.8) is 0 Å². The fourth-order valence-electron chi connectivity index (χ4n) is 5.61. The number of anilines is 2. The van der Waals surface area contributed by atoms with E-state index in [-0.39, 0.29) is 18.9 Å². The molecule has 2 aliphatic heterocycles. The largest absolute Gasteiger partial charge is 0.396 e. The third-order valence-corrected chi connectivity index (χ3v) is 8.92. The van der Waals surface area contributed by atoms with Crippen LogP contribution < -0.4 is 5.32 Å². The molecule has 3 aliphatic rings. The molecule has 0 spiro atoms. The molecule has 2 fully saturated rings. The predicted molar refractivity (Wildman–Crippen MR) is 142 cm³/mol. The number of piperidine rings is 1. The highest BCUT2D eigenvalue weighted by Crippen LogP contribution is 2.40. The highest BCUT2D eigenvalue weighted by molar-refractivity contribution is 7.97. The van der Waals surface area contributed by atoms with E-state index in [2.05, 4.69) is 35.7 Å². The van der Waals surface area contributed by atoms with Crippen molar-refractivity contribution in [2.45, 2.75) is 43.3 Å². The number of halogens is 2. The number of rotatable bonds is 8. The van der Waals surface area contributed by atoms with Gasteiger partial charge in [0, 0.05) is 74.5 Å². The Bertz CT molecular complexity index is 1260. The lowest BCUT2D eigenvalue weighted by Gasteiger charge is -2.46. The van der Waals surface area contributed by atoms with Gasteiger partial charge in [-0.3, -0.25) is 4.90 Å². The van der Waals surface area contributed by atoms with E-state index in [9.17, 15) is 13.4 Å². The molecule has 2 saturated heterocycles. The Morgan fingerprint density at radius 1 is 1.14 bits per heavy atom. The van der Waals surface area contributed by atoms with Crippen LogP contribution in [0.4, 0.5) is 19.9 Å². The van der Waals surface area contributed by atoms with Crippen molar-refractivity contribution in [3.8, 4) is 11.1 Å². The molecule has 1 aromatic carbocycles. The van der Waals surface area contributed by atoms with Crippen molar-refractivity contribution in [2.75, 3.05) is 38.1 Å². The lowest BCUT2D eigenvalue weighted by molar-refractivity contribution is 0.00443. The molecule has 0 unspecified atom stereocenters. The monoisotopic (exact) mass is 545 g/mol. The summed E-state index contributed by atoms with van der Waals surface area (Å²) in [6, 6.07) is 7.80. The molecular formula is C25H29F2N7OS2. The highest BCUT2D eigenvalue weighted by atomic mass is 32.2. The smallest absolute Gasteiger partial charge is 0.239 e. The Balaban J connectivity index is 1.19. The third kappa shape index (κ3) is 5.22. The molecular weight excluding hydrogens is 516 g/mol. The maximum atomic E-state index is 13.9. The van der Waals surface area contributed by atoms with Crippen molar-refractivity contribution in [1.82, 2.24) is 28.4 Å². The number of aryl methyl sites for hydroxylation is 1. The average Bonchev–Trinajstić information content (AvgIpc) is 3.51. The number of nitrogens with one attached hydrogen (secondary N) is 1. The summed E-state index contributed by atoms with van der Waals surface area (Å²) in [6.45, 7) is 4.05. The van der Waals surface area contributed by atoms with Gasteiger partial charge in [0.25, 0.3) is 0 Å². The molecule has 196 valence electrons. The molecule has 8 nitrogen and oxygen atoms in total. The molecule has 2 aromatic heterocycles. The van der Waals surface area contributed by atoms with Crippen molar-refractivity contribution >= 4 is 35.9 Å². The minimum Gasteiger partial charge on any atom is -0.396 e. The zero-order valence-corrected chi connectivity index (χ0v) is 21.9. The minimum absolute atomic E-state index is 0.00372. The second-order valence-electron chi connectivity index (χ2n) is 9.89. The fourth-order valence-corrected chi connectivity index (χ4v) is 6.79. The number of aromatic nitrogens is 4. The fraction of sp³-hybridized carbons (Fsp3) is 0.480. The molecule has 1 aliphatic carbocycles. The van der Waals surface area contributed by atoms with Gasteiger partial charge in [0.05, 0.1) is 5.69 Å². The van der Waals surface area contributed by atoms with Gasteiger partial charge in [-0.1, -0.05) is 12.1 Å². The van der Waals surface area contributed by atoms with Crippen molar-refractivity contribution in [2.24, 2.45) is 5.92 Å². The maximum Gasteiger partial charge on any atom is 0.239 e. The second-order valence-corrected chi connectivity index (χ2v) is 11.4. The molecule has 2 N–H and O–H groups in total. The normalized spacial score (nSPS) is 19.2. The zero-order chi connectivity index (χ0) is 25.4. The van der Waals surface area contributed by atoms with Crippen LogP contribution in [0, 0.1) is 11.9 Å². The summed E-state index contributed by atoms with van der Waals surface area (Å²) in [5.74, 6) is 0.182. The summed E-state index contributed by atoms with van der Waals surface area (Å²) in [7, 11) is 0. The number of fused-ring (bicyclic) bond motifs is 1. The number of nitrogens with zero attached hydrogens (tertiary/aromatic N) is 6. The van der Waals surface area contributed by atoms with Gasteiger partial charge >= 0.3 is 0 Å². The number of pyridine rings is 1. The second kappa shape index (κ2) is 10.9. The first-order chi connectivity index (χ1) is 18.1. The molecule has 0 amide bonds. The van der Waals surface area contributed by atoms with E-state index in [1.165, 1.54) is 29.8 Å². The van der Waals surface area contributed by atoms with Crippen LogP contribution in [-0.2, 0) is 12.8 Å². The van der Waals surface area contributed by atoms with Crippen LogP contribution in [0.5, 0.6) is 0 Å². The Labute approximate surface area is 223 Å². The van der Waals surface area contributed by atoms with Crippen LogP contribution >= 0.6 is 24.3 Å². The molecule has 0 radical (unpaired) electrons. The molecule has 0 bridgehead atoms. The number of aliphatic hydroxyl groups is 1. The van der Waals surface area contributed by atoms with Gasteiger partial charge in [0.1, 0.15) is 0 Å². The molecule has 12 heteroatoms. The van der Waals surface area contributed by atoms with E-state index in [4.69, 9.17) is 0 Å². The van der Waals surface area contributed by atoms with Crippen molar-refractivity contribution < 1.29 is 13.4 Å². The van der Waals surface area contributed by atoms with E-state index in [0.29, 0.717) is 28.6 Å². The number of aliphatic hydroxyl groups excluding tert-OH is 1. The van der Waals surface area contributed by atoms with Gasteiger partial charge in [-0.2, -0.15) is 9.37 Å². The van der Waals surface area contributed by atoms with Gasteiger partial charge in [0.15, 0.2) is 12.3 Å². The van der Waals surface area contributed by atoms with Crippen LogP contribution in [0.15, 0.2) is 35.6 Å². The molecule has 6 rings (SSSR count). The summed E-state index contributed by atoms with van der Waals surface area (Å²) < 4.78 is 31.2. The van der Waals surface area contributed by atoms with Gasteiger partial charge < -0.3 is 10.4 Å². The van der Waals surface area contributed by atoms with Gasteiger partial charge in [-0.15, -0.1) is 13.1 Å². The predicted octanol–water partition coefficient (Wildman–Crippen LogP) is 4.49. The van der Waals surface area contributed by atoms with Crippen LogP contribution in [0.2, 0.25) is 0 Å². The molecule has 37 heavy (non-hydrogen) atoms. The molecule has 0 saturated carbocycles. The van der Waals surface area contributed by atoms with Crippen molar-refractivity contribution in [1.29, 1.82) is 0 Å². The quantitative estimate of drug-likeness (QED) is 0.314. The number of hydrogen-bond donors (Lipinski definition) is 2. The molecule has 4 heterocycles. The SMILES string of the molecule is OCC1CN(C2CCN(Sc3nc(Nc4c(-c5ccnc(F)c5)ccc5c4CCC5)n(SF)n3)CC2)C1. The van der Waals surface area contributed by atoms with Crippen LogP contribution in [0.3, 0.4) is 0 Å². The summed E-state index contributed by atoms with van der Waals surface area (Å²) in [5, 5.41) is 17.5. The molecule has 3 aromatic rings. The Morgan fingerprint density at radius 2 is 1.97 bits per heavy atom. The lowest BCUT2D eigenvalue weighted by atomic mass is 9.94. The van der Waals surface area contributed by atoms with Crippen LogP contribution in [0.1, 0.15) is 30.4 Å². The van der Waals surface area contributed by atoms with E-state index >= 15 is 0 Å². The molecule has 0 atom stereocenters. The summed E-state index contributed by atoms with van der Waals surface area (Å²) in [6.07, 6.45) is 6.47. The first-order valence-corrected chi connectivity index (χ1v) is 14.1. The average molecular weight is 546 g/mol. The van der Waals surface area contributed by atoms with E-state index in [1.807, 2.05) is 6.07 Å². The van der Waals surface area contributed by atoms with Gasteiger partial charge in [0.2, 0.25) is 17.1 Å². The van der Waals surface area contributed by atoms with E-state index in [1.54, 1.807) is 6.07 Å². The summed E-state index contributed by atoms with van der Waals surface area (Å²) in [5.41, 5.74) is 4.74. The van der Waals surface area contributed by atoms with Gasteiger partial charge in [-0.25, -0.2) is 9.29 Å². The summed E-state index contributed by atoms with van der Waals surface area (Å²) in [4.78, 5) is 10.8. The summed E-state index contributed by atoms with van der Waals surface area (Å²) >= 11 is 1.46. The minimum atomic E-state index is -0.545. The standard InChI is InChI=1S/C25H29F2N7OS2/c26-22-12-18(6-9-28-22)21-5-4-17-2-1-3-20(17)23(21)29-24-30-25(31-34(24)37-27)36-33-10-7-19(8-11-33)32-13-16(14-32)15-35/h4-6,9,12,16,19,35H,1-3,7-8,10-11,13-15H2,(H,29,30,31). The number of likely N-dealkylation sites (tertiary alicyclic amines) is 1. The zero-order valence-electron chi connectivity index (χ0n) is 20.3. The van der Waals surface area contributed by atoms with E-state index in [0.717, 1.165) is 79.2 Å². The lowest BCUT2D eigenvalue weighted by Crippen LogP contribution is -2.55. The first-order valence-electron chi connectivity index (χ1n) is 12.7. The highest BCUT2D eigenvalue weighted by Gasteiger charge is 2.34. The third-order valence-electron chi connectivity index (χ3n) is 7.58. The Morgan fingerprint density at radius 3 is 2.73 bits per heavy atom. The Hall–Kier alpha value is -2.25. The number of hydrogen-bond acceptors (Lipinski definition) is 9. The van der Waals surface area contributed by atoms with Crippen molar-refractivity contribution in [3.05, 3.63) is 47.5 Å². The Kier molecular flexibility index (Phi) is 7.35. The van der Waals surface area contributed by atoms with Gasteiger partial charge in [-0.05, 0) is 54.9 Å². The topological polar surface area (TPSA) is 82.3 Å². The van der Waals surface area contributed by atoms with Crippen LogP contribution in [0.25, 0.3) is 11.1 Å². The van der Waals surface area contributed by atoms with Crippen LogP contribution in [-0.4, -0.2) is 72.3 Å². The maximum absolute atomic E-state index is 13.9. The first kappa shape index (κ1) is 25.1. The number of benzene rings is 1. The van der Waals surface area contributed by atoms with E-state index < -0.39 is 5.95 Å².